The minimum atomic E-state index is 0.801. The molecule has 2 fully saturated rings. The van der Waals surface area contributed by atoms with Gasteiger partial charge in [0.15, 0.2) is 0 Å². The summed E-state index contributed by atoms with van der Waals surface area (Å²) >= 11 is 0. The Labute approximate surface area is 98.5 Å². The molecule has 1 aromatic rings. The second-order valence-electron chi connectivity index (χ2n) is 5.26. The smallest absolute Gasteiger partial charge is 0.0164 e. The van der Waals surface area contributed by atoms with E-state index in [1.54, 1.807) is 5.56 Å². The molecular weight excluding hydrogens is 194 g/mol. The molecule has 86 valence electrons. The third-order valence-corrected chi connectivity index (χ3v) is 4.32. The van der Waals surface area contributed by atoms with Crippen LogP contribution in [0.2, 0.25) is 0 Å². The molecule has 0 N–H and O–H groups in total. The molecule has 2 aliphatic heterocycles. The van der Waals surface area contributed by atoms with E-state index < -0.39 is 0 Å². The van der Waals surface area contributed by atoms with Crippen LogP contribution in [0.15, 0.2) is 30.3 Å². The Kier molecular flexibility index (Phi) is 2.96. The zero-order valence-corrected chi connectivity index (χ0v) is 9.94. The molecule has 3 rings (SSSR count). The third kappa shape index (κ3) is 1.89. The Morgan fingerprint density at radius 2 is 1.69 bits per heavy atom. The van der Waals surface area contributed by atoms with Crippen molar-refractivity contribution in [2.45, 2.75) is 44.1 Å². The first-order valence-electron chi connectivity index (χ1n) is 6.74. The maximum Gasteiger partial charge on any atom is 0.0164 e. The van der Waals surface area contributed by atoms with Crippen LogP contribution >= 0.6 is 0 Å². The molecule has 0 radical (unpaired) electrons. The maximum atomic E-state index is 2.74. The quantitative estimate of drug-likeness (QED) is 0.694. The van der Waals surface area contributed by atoms with E-state index in [-0.39, 0.29) is 0 Å². The second-order valence-corrected chi connectivity index (χ2v) is 5.26. The lowest BCUT2D eigenvalue weighted by molar-refractivity contribution is 0.0894. The summed E-state index contributed by atoms with van der Waals surface area (Å²) in [6.45, 7) is 2.68. The van der Waals surface area contributed by atoms with Crippen LogP contribution in [0.3, 0.4) is 0 Å². The van der Waals surface area contributed by atoms with Crippen LogP contribution in [0, 0.1) is 0 Å². The van der Waals surface area contributed by atoms with Gasteiger partial charge in [0.1, 0.15) is 0 Å². The summed E-state index contributed by atoms with van der Waals surface area (Å²) in [5.74, 6) is 0.801. The fourth-order valence-electron chi connectivity index (χ4n) is 3.55. The van der Waals surface area contributed by atoms with Crippen LogP contribution in [-0.2, 0) is 0 Å². The topological polar surface area (TPSA) is 3.24 Å². The highest BCUT2D eigenvalue weighted by atomic mass is 15.2. The molecule has 0 aliphatic carbocycles. The molecule has 1 aromatic carbocycles. The standard InChI is InChI=1S/C15H21N/c1-2-7-13(8-3-1)14-9-6-12-16-11-5-4-10-15(14)16/h1-3,7-8,14-15H,4-6,9-12H2/t14-,15+/m0/s1. The number of fused-ring (bicyclic) bond motifs is 1. The lowest BCUT2D eigenvalue weighted by Crippen LogP contribution is -2.46. The summed E-state index contributed by atoms with van der Waals surface area (Å²) in [5.41, 5.74) is 1.57. The molecule has 0 saturated carbocycles. The molecule has 0 spiro atoms. The SMILES string of the molecule is c1ccc([C@@H]2CCCN3CCCC[C@H]23)cc1. The largest absolute Gasteiger partial charge is 0.300 e. The van der Waals surface area contributed by atoms with E-state index in [9.17, 15) is 0 Å². The lowest BCUT2D eigenvalue weighted by Gasteiger charge is -2.44. The summed E-state index contributed by atoms with van der Waals surface area (Å²) < 4.78 is 0. The summed E-state index contributed by atoms with van der Waals surface area (Å²) in [4.78, 5) is 2.74. The van der Waals surface area contributed by atoms with Crippen LogP contribution in [0.4, 0.5) is 0 Å². The van der Waals surface area contributed by atoms with E-state index in [1.165, 1.54) is 45.2 Å². The maximum absolute atomic E-state index is 2.74. The highest BCUT2D eigenvalue weighted by Gasteiger charge is 2.33. The van der Waals surface area contributed by atoms with Gasteiger partial charge in [-0.3, -0.25) is 4.90 Å². The molecule has 2 aliphatic rings. The average molecular weight is 215 g/mol. The molecule has 0 bridgehead atoms. The van der Waals surface area contributed by atoms with E-state index in [1.807, 2.05) is 0 Å². The highest BCUT2D eigenvalue weighted by molar-refractivity contribution is 5.22. The van der Waals surface area contributed by atoms with Crippen LogP contribution < -0.4 is 0 Å². The Morgan fingerprint density at radius 1 is 0.875 bits per heavy atom. The van der Waals surface area contributed by atoms with Crippen molar-refractivity contribution in [2.75, 3.05) is 13.1 Å². The molecule has 1 nitrogen and oxygen atoms in total. The van der Waals surface area contributed by atoms with Gasteiger partial charge < -0.3 is 0 Å². The normalized spacial score (nSPS) is 31.0. The predicted molar refractivity (Wildman–Crippen MR) is 67.6 cm³/mol. The number of hydrogen-bond acceptors (Lipinski definition) is 1. The van der Waals surface area contributed by atoms with Gasteiger partial charge in [-0.15, -0.1) is 0 Å². The number of hydrogen-bond donors (Lipinski definition) is 0. The van der Waals surface area contributed by atoms with Crippen molar-refractivity contribution in [3.8, 4) is 0 Å². The van der Waals surface area contributed by atoms with E-state index >= 15 is 0 Å². The molecule has 2 saturated heterocycles. The van der Waals surface area contributed by atoms with Crippen molar-refractivity contribution in [3.05, 3.63) is 35.9 Å². The Bertz CT molecular complexity index is 331. The molecule has 0 aromatic heterocycles. The summed E-state index contributed by atoms with van der Waals surface area (Å²) in [7, 11) is 0. The van der Waals surface area contributed by atoms with Crippen molar-refractivity contribution in [2.24, 2.45) is 0 Å². The van der Waals surface area contributed by atoms with Crippen LogP contribution in [-0.4, -0.2) is 24.0 Å². The minimum absolute atomic E-state index is 0.801. The monoisotopic (exact) mass is 215 g/mol. The van der Waals surface area contributed by atoms with E-state index in [0.717, 1.165) is 12.0 Å². The molecule has 2 atom stereocenters. The van der Waals surface area contributed by atoms with Crippen molar-refractivity contribution >= 4 is 0 Å². The highest BCUT2D eigenvalue weighted by Crippen LogP contribution is 2.37. The molecule has 1 heteroatoms. The molecule has 2 heterocycles. The average Bonchev–Trinajstić information content (AvgIpc) is 2.39. The van der Waals surface area contributed by atoms with Crippen LogP contribution in [0.1, 0.15) is 43.6 Å². The third-order valence-electron chi connectivity index (χ3n) is 4.32. The first-order valence-corrected chi connectivity index (χ1v) is 6.74. The number of benzene rings is 1. The summed E-state index contributed by atoms with van der Waals surface area (Å²) in [6.07, 6.45) is 7.04. The Hall–Kier alpha value is -0.820. The molecule has 0 amide bonds. The van der Waals surface area contributed by atoms with Gasteiger partial charge in [0, 0.05) is 6.04 Å². The summed E-state index contributed by atoms with van der Waals surface area (Å²) in [6, 6.07) is 12.0. The predicted octanol–water partition coefficient (Wildman–Crippen LogP) is 3.42. The number of piperidine rings is 2. The van der Waals surface area contributed by atoms with E-state index in [0.29, 0.717) is 0 Å². The summed E-state index contributed by atoms with van der Waals surface area (Å²) in [5, 5.41) is 0. The van der Waals surface area contributed by atoms with Crippen molar-refractivity contribution in [3.63, 3.8) is 0 Å². The van der Waals surface area contributed by atoms with Gasteiger partial charge in [-0.05, 0) is 50.3 Å². The first kappa shape index (κ1) is 10.3. The zero-order chi connectivity index (χ0) is 10.8. The molecule has 0 unspecified atom stereocenters. The van der Waals surface area contributed by atoms with Crippen LogP contribution in [0.25, 0.3) is 0 Å². The van der Waals surface area contributed by atoms with Gasteiger partial charge >= 0.3 is 0 Å². The zero-order valence-electron chi connectivity index (χ0n) is 9.94. The number of rotatable bonds is 1. The Morgan fingerprint density at radius 3 is 2.56 bits per heavy atom. The number of nitrogens with zero attached hydrogens (tertiary/aromatic N) is 1. The second kappa shape index (κ2) is 4.58. The first-order chi connectivity index (χ1) is 7.95. The van der Waals surface area contributed by atoms with Crippen LogP contribution in [0.5, 0.6) is 0 Å². The van der Waals surface area contributed by atoms with Gasteiger partial charge in [0.05, 0.1) is 0 Å². The lowest BCUT2D eigenvalue weighted by atomic mass is 9.79. The van der Waals surface area contributed by atoms with E-state index in [4.69, 9.17) is 0 Å². The fraction of sp³-hybridized carbons (Fsp3) is 0.600. The molecular formula is C15H21N. The molecule has 16 heavy (non-hydrogen) atoms. The van der Waals surface area contributed by atoms with Gasteiger partial charge in [0.2, 0.25) is 0 Å². The van der Waals surface area contributed by atoms with Gasteiger partial charge in [0.25, 0.3) is 0 Å². The van der Waals surface area contributed by atoms with Crippen molar-refractivity contribution in [1.82, 2.24) is 4.90 Å². The van der Waals surface area contributed by atoms with E-state index in [2.05, 4.69) is 35.2 Å². The Balaban J connectivity index is 1.83. The fourth-order valence-corrected chi connectivity index (χ4v) is 3.55. The van der Waals surface area contributed by atoms with Gasteiger partial charge in [-0.25, -0.2) is 0 Å². The van der Waals surface area contributed by atoms with Gasteiger partial charge in [-0.2, -0.15) is 0 Å². The van der Waals surface area contributed by atoms with Crippen molar-refractivity contribution in [1.29, 1.82) is 0 Å². The van der Waals surface area contributed by atoms with Crippen molar-refractivity contribution < 1.29 is 0 Å². The minimum Gasteiger partial charge on any atom is -0.300 e. The van der Waals surface area contributed by atoms with Gasteiger partial charge in [-0.1, -0.05) is 36.8 Å².